The maximum Gasteiger partial charge on any atom is 0.145 e. The van der Waals surface area contributed by atoms with Gasteiger partial charge in [-0.1, -0.05) is 6.07 Å². The first-order valence-electron chi connectivity index (χ1n) is 4.68. The predicted octanol–water partition coefficient (Wildman–Crippen LogP) is 2.50. The summed E-state index contributed by atoms with van der Waals surface area (Å²) in [6.07, 6.45) is 0. The summed E-state index contributed by atoms with van der Waals surface area (Å²) in [5, 5.41) is 3.40. The molecular weight excluding hydrogens is 162 g/mol. The van der Waals surface area contributed by atoms with Crippen molar-refractivity contribution in [2.45, 2.75) is 26.8 Å². The Hall–Kier alpha value is -1.18. The van der Waals surface area contributed by atoms with Gasteiger partial charge in [0.05, 0.1) is 11.7 Å². The van der Waals surface area contributed by atoms with Crippen molar-refractivity contribution in [2.24, 2.45) is 0 Å². The fraction of sp³-hybridized carbons (Fsp3) is 0.455. The normalized spacial score (nSPS) is 20.1. The molecule has 0 aliphatic carbocycles. The van der Waals surface area contributed by atoms with Gasteiger partial charge < -0.3 is 10.1 Å². The summed E-state index contributed by atoms with van der Waals surface area (Å²) in [5.74, 6) is 1.03. The Balaban J connectivity index is 2.47. The summed E-state index contributed by atoms with van der Waals surface area (Å²) >= 11 is 0. The second-order valence-electron chi connectivity index (χ2n) is 3.74. The lowest BCUT2D eigenvalue weighted by molar-refractivity contribution is 0.289. The molecule has 0 bridgehead atoms. The SMILES string of the molecule is Cc1ccc2c(c1C)OC[C@H](C)N2. The van der Waals surface area contributed by atoms with E-state index in [2.05, 4.69) is 38.2 Å². The Morgan fingerprint density at radius 3 is 2.92 bits per heavy atom. The van der Waals surface area contributed by atoms with Crippen molar-refractivity contribution in [3.05, 3.63) is 23.3 Å². The van der Waals surface area contributed by atoms with E-state index in [1.165, 1.54) is 11.1 Å². The molecule has 2 rings (SSSR count). The van der Waals surface area contributed by atoms with Gasteiger partial charge in [0.15, 0.2) is 0 Å². The molecule has 2 nitrogen and oxygen atoms in total. The Bertz CT molecular complexity index is 333. The zero-order valence-electron chi connectivity index (χ0n) is 8.35. The lowest BCUT2D eigenvalue weighted by Gasteiger charge is -2.26. The fourth-order valence-corrected chi connectivity index (χ4v) is 1.61. The molecule has 0 aromatic heterocycles. The minimum absolute atomic E-state index is 0.412. The van der Waals surface area contributed by atoms with E-state index < -0.39 is 0 Å². The molecule has 0 unspecified atom stereocenters. The molecule has 1 heterocycles. The van der Waals surface area contributed by atoms with E-state index in [0.29, 0.717) is 6.04 Å². The first kappa shape index (κ1) is 8.42. The quantitative estimate of drug-likeness (QED) is 0.657. The Morgan fingerprint density at radius 1 is 1.38 bits per heavy atom. The Morgan fingerprint density at radius 2 is 2.15 bits per heavy atom. The van der Waals surface area contributed by atoms with Crippen molar-refractivity contribution in [3.63, 3.8) is 0 Å². The van der Waals surface area contributed by atoms with Gasteiger partial charge in [-0.25, -0.2) is 0 Å². The van der Waals surface area contributed by atoms with Crippen LogP contribution in [0.4, 0.5) is 5.69 Å². The van der Waals surface area contributed by atoms with Crippen molar-refractivity contribution >= 4 is 5.69 Å². The molecule has 0 spiro atoms. The smallest absolute Gasteiger partial charge is 0.145 e. The topological polar surface area (TPSA) is 21.3 Å². The van der Waals surface area contributed by atoms with Crippen LogP contribution >= 0.6 is 0 Å². The number of nitrogens with one attached hydrogen (secondary N) is 1. The molecular formula is C11H15NO. The highest BCUT2D eigenvalue weighted by molar-refractivity contribution is 5.63. The minimum atomic E-state index is 0.412. The van der Waals surface area contributed by atoms with Crippen molar-refractivity contribution in [2.75, 3.05) is 11.9 Å². The average molecular weight is 177 g/mol. The van der Waals surface area contributed by atoms with Gasteiger partial charge in [-0.05, 0) is 38.0 Å². The minimum Gasteiger partial charge on any atom is -0.489 e. The Kier molecular flexibility index (Phi) is 1.91. The van der Waals surface area contributed by atoms with Crippen LogP contribution in [0.5, 0.6) is 5.75 Å². The van der Waals surface area contributed by atoms with Crippen LogP contribution in [-0.4, -0.2) is 12.6 Å². The standard InChI is InChI=1S/C11H15NO/c1-7-4-5-10-11(9(7)3)13-6-8(2)12-10/h4-5,8,12H,6H2,1-3H3/t8-/m0/s1. The third kappa shape index (κ3) is 1.37. The van der Waals surface area contributed by atoms with E-state index in [1.807, 2.05) is 0 Å². The largest absolute Gasteiger partial charge is 0.489 e. The number of hydrogen-bond donors (Lipinski definition) is 1. The van der Waals surface area contributed by atoms with Gasteiger partial charge in [0.2, 0.25) is 0 Å². The van der Waals surface area contributed by atoms with Crippen molar-refractivity contribution in [1.29, 1.82) is 0 Å². The number of ether oxygens (including phenoxy) is 1. The summed E-state index contributed by atoms with van der Waals surface area (Å²) in [4.78, 5) is 0. The summed E-state index contributed by atoms with van der Waals surface area (Å²) in [7, 11) is 0. The highest BCUT2D eigenvalue weighted by atomic mass is 16.5. The van der Waals surface area contributed by atoms with Crippen molar-refractivity contribution in [1.82, 2.24) is 0 Å². The van der Waals surface area contributed by atoms with E-state index in [9.17, 15) is 0 Å². The predicted molar refractivity (Wildman–Crippen MR) is 54.5 cm³/mol. The highest BCUT2D eigenvalue weighted by Crippen LogP contribution is 2.33. The van der Waals surface area contributed by atoms with Crippen LogP contribution in [0.2, 0.25) is 0 Å². The van der Waals surface area contributed by atoms with E-state index in [0.717, 1.165) is 18.0 Å². The van der Waals surface area contributed by atoms with E-state index >= 15 is 0 Å². The summed E-state index contributed by atoms with van der Waals surface area (Å²) in [5.41, 5.74) is 3.66. The van der Waals surface area contributed by atoms with Gasteiger partial charge in [-0.3, -0.25) is 0 Å². The van der Waals surface area contributed by atoms with E-state index in [4.69, 9.17) is 4.74 Å². The lowest BCUT2D eigenvalue weighted by Crippen LogP contribution is -2.28. The number of fused-ring (bicyclic) bond motifs is 1. The molecule has 0 amide bonds. The molecule has 13 heavy (non-hydrogen) atoms. The molecule has 1 aromatic carbocycles. The van der Waals surface area contributed by atoms with Gasteiger partial charge >= 0.3 is 0 Å². The Labute approximate surface area is 78.9 Å². The number of rotatable bonds is 0. The van der Waals surface area contributed by atoms with Crippen LogP contribution in [0.3, 0.4) is 0 Å². The zero-order chi connectivity index (χ0) is 9.42. The molecule has 0 saturated carbocycles. The molecule has 1 aliphatic heterocycles. The molecule has 1 aromatic rings. The molecule has 0 saturated heterocycles. The van der Waals surface area contributed by atoms with Crippen molar-refractivity contribution in [3.8, 4) is 5.75 Å². The van der Waals surface area contributed by atoms with Crippen LogP contribution < -0.4 is 10.1 Å². The molecule has 0 fully saturated rings. The summed E-state index contributed by atoms with van der Waals surface area (Å²) < 4.78 is 5.68. The van der Waals surface area contributed by atoms with Gasteiger partial charge in [0, 0.05) is 0 Å². The van der Waals surface area contributed by atoms with Crippen LogP contribution in [0.1, 0.15) is 18.1 Å². The lowest BCUT2D eigenvalue weighted by atomic mass is 10.1. The van der Waals surface area contributed by atoms with Crippen molar-refractivity contribution < 1.29 is 4.74 Å². The maximum atomic E-state index is 5.68. The third-order valence-corrected chi connectivity index (χ3v) is 2.56. The molecule has 1 N–H and O–H groups in total. The monoisotopic (exact) mass is 177 g/mol. The van der Waals surface area contributed by atoms with Gasteiger partial charge in [-0.2, -0.15) is 0 Å². The summed E-state index contributed by atoms with van der Waals surface area (Å²) in [6, 6.07) is 4.63. The molecule has 1 atom stereocenters. The van der Waals surface area contributed by atoms with Crippen LogP contribution in [-0.2, 0) is 0 Å². The number of anilines is 1. The molecule has 70 valence electrons. The van der Waals surface area contributed by atoms with Crippen LogP contribution in [0.15, 0.2) is 12.1 Å². The van der Waals surface area contributed by atoms with Crippen LogP contribution in [0, 0.1) is 13.8 Å². The fourth-order valence-electron chi connectivity index (χ4n) is 1.61. The first-order valence-corrected chi connectivity index (χ1v) is 4.68. The summed E-state index contributed by atoms with van der Waals surface area (Å²) in [6.45, 7) is 7.10. The van der Waals surface area contributed by atoms with Crippen LogP contribution in [0.25, 0.3) is 0 Å². The highest BCUT2D eigenvalue weighted by Gasteiger charge is 2.17. The zero-order valence-corrected chi connectivity index (χ0v) is 8.35. The third-order valence-electron chi connectivity index (χ3n) is 2.56. The average Bonchev–Trinajstić information content (AvgIpc) is 2.12. The number of benzene rings is 1. The molecule has 1 aliphatic rings. The number of hydrogen-bond acceptors (Lipinski definition) is 2. The maximum absolute atomic E-state index is 5.68. The van der Waals surface area contributed by atoms with Gasteiger partial charge in [0.25, 0.3) is 0 Å². The van der Waals surface area contributed by atoms with E-state index in [-0.39, 0.29) is 0 Å². The second-order valence-corrected chi connectivity index (χ2v) is 3.74. The first-order chi connectivity index (χ1) is 6.18. The molecule has 2 heteroatoms. The second kappa shape index (κ2) is 2.95. The van der Waals surface area contributed by atoms with Gasteiger partial charge in [-0.15, -0.1) is 0 Å². The van der Waals surface area contributed by atoms with E-state index in [1.54, 1.807) is 0 Å². The number of aryl methyl sites for hydroxylation is 1. The molecule has 0 radical (unpaired) electrons. The van der Waals surface area contributed by atoms with Gasteiger partial charge in [0.1, 0.15) is 12.4 Å².